The van der Waals surface area contributed by atoms with Gasteiger partial charge in [0.15, 0.2) is 0 Å². The number of hydrogen-bond acceptors (Lipinski definition) is 6. The van der Waals surface area contributed by atoms with E-state index >= 15 is 0 Å². The summed E-state index contributed by atoms with van der Waals surface area (Å²) in [5.41, 5.74) is 0.677. The fourth-order valence-corrected chi connectivity index (χ4v) is 5.15. The van der Waals surface area contributed by atoms with Crippen molar-refractivity contribution in [2.75, 3.05) is 13.4 Å². The molecule has 0 amide bonds. The number of carbonyl (C=O) groups excluding carboxylic acids is 1. The van der Waals surface area contributed by atoms with Gasteiger partial charge in [0.05, 0.1) is 22.2 Å². The van der Waals surface area contributed by atoms with E-state index in [4.69, 9.17) is 4.74 Å². The molecule has 0 radical (unpaired) electrons. The molecule has 0 aliphatic rings. The van der Waals surface area contributed by atoms with Crippen LogP contribution in [0, 0.1) is 5.82 Å². The first-order chi connectivity index (χ1) is 12.8. The predicted octanol–water partition coefficient (Wildman–Crippen LogP) is 3.03. The average molecular weight is 427 g/mol. The first-order valence-electron chi connectivity index (χ1n) is 7.65. The monoisotopic (exact) mass is 426 g/mol. The number of carbonyl (C=O) groups is 1. The molecule has 1 aromatic heterocycles. The Kier molecular flexibility index (Phi) is 5.68. The Morgan fingerprint density at radius 1 is 1.26 bits per heavy atom. The SMILES string of the molecule is COC(=O)Cn1c(=NS(=O)(=O)c2ccc(F)cc2)sc2cc(SC)ccc21. The van der Waals surface area contributed by atoms with Crippen LogP contribution >= 0.6 is 23.1 Å². The summed E-state index contributed by atoms with van der Waals surface area (Å²) in [6.45, 7) is -0.174. The zero-order chi connectivity index (χ0) is 19.6. The second kappa shape index (κ2) is 7.83. The molecular weight excluding hydrogens is 411 g/mol. The molecule has 0 saturated carbocycles. The average Bonchev–Trinajstić information content (AvgIpc) is 2.97. The number of halogens is 1. The van der Waals surface area contributed by atoms with E-state index in [9.17, 15) is 17.6 Å². The van der Waals surface area contributed by atoms with Crippen molar-refractivity contribution >= 4 is 49.3 Å². The summed E-state index contributed by atoms with van der Waals surface area (Å²) in [6, 6.07) is 10.0. The number of sulfonamides is 1. The van der Waals surface area contributed by atoms with Crippen LogP contribution < -0.4 is 4.80 Å². The summed E-state index contributed by atoms with van der Waals surface area (Å²) in [6.07, 6.45) is 1.93. The van der Waals surface area contributed by atoms with Crippen molar-refractivity contribution in [2.45, 2.75) is 16.3 Å². The Morgan fingerprint density at radius 2 is 1.96 bits per heavy atom. The fourth-order valence-electron chi connectivity index (χ4n) is 2.36. The van der Waals surface area contributed by atoms with Gasteiger partial charge in [0.2, 0.25) is 4.80 Å². The van der Waals surface area contributed by atoms with E-state index in [0.29, 0.717) is 5.52 Å². The quantitative estimate of drug-likeness (QED) is 0.463. The molecule has 3 rings (SSSR count). The van der Waals surface area contributed by atoms with Crippen LogP contribution in [0.5, 0.6) is 0 Å². The van der Waals surface area contributed by atoms with Crippen molar-refractivity contribution < 1.29 is 22.3 Å². The third-order valence-corrected chi connectivity index (χ3v) is 6.88. The lowest BCUT2D eigenvalue weighted by atomic mass is 10.3. The van der Waals surface area contributed by atoms with Crippen LogP contribution in [0.1, 0.15) is 0 Å². The van der Waals surface area contributed by atoms with Gasteiger partial charge in [-0.25, -0.2) is 4.39 Å². The van der Waals surface area contributed by atoms with Crippen molar-refractivity contribution in [3.05, 3.63) is 53.1 Å². The van der Waals surface area contributed by atoms with E-state index in [0.717, 1.165) is 45.2 Å². The topological polar surface area (TPSA) is 77.7 Å². The summed E-state index contributed by atoms with van der Waals surface area (Å²) in [5.74, 6) is -1.06. The molecule has 0 fully saturated rings. The number of thioether (sulfide) groups is 1. The maximum atomic E-state index is 13.1. The number of benzene rings is 2. The number of esters is 1. The number of nitrogens with zero attached hydrogens (tertiary/aromatic N) is 2. The molecule has 142 valence electrons. The van der Waals surface area contributed by atoms with Crippen molar-refractivity contribution in [3.8, 4) is 0 Å². The minimum absolute atomic E-state index is 0.129. The fraction of sp³-hybridized carbons (Fsp3) is 0.176. The van der Waals surface area contributed by atoms with Crippen LogP contribution in [0.25, 0.3) is 10.2 Å². The lowest BCUT2D eigenvalue weighted by Crippen LogP contribution is -2.22. The minimum atomic E-state index is -4.07. The molecule has 0 N–H and O–H groups in total. The van der Waals surface area contributed by atoms with Crippen molar-refractivity contribution in [2.24, 2.45) is 4.40 Å². The molecule has 0 bridgehead atoms. The van der Waals surface area contributed by atoms with Gasteiger partial charge in [0.1, 0.15) is 12.4 Å². The number of hydrogen-bond donors (Lipinski definition) is 0. The van der Waals surface area contributed by atoms with Gasteiger partial charge in [-0.1, -0.05) is 11.3 Å². The standard InChI is InChI=1S/C17H15FN2O4S3/c1-24-16(21)10-20-14-8-5-12(25-2)9-15(14)26-17(20)19-27(22,23)13-6-3-11(18)4-7-13/h3-9H,10H2,1-2H3. The smallest absolute Gasteiger partial charge is 0.325 e. The first-order valence-corrected chi connectivity index (χ1v) is 11.1. The lowest BCUT2D eigenvalue weighted by Gasteiger charge is -2.04. The molecule has 3 aromatic rings. The molecule has 0 aliphatic carbocycles. The molecule has 0 atom stereocenters. The number of aromatic nitrogens is 1. The number of methoxy groups -OCH3 is 1. The van der Waals surface area contributed by atoms with Gasteiger partial charge in [-0.15, -0.1) is 16.2 Å². The summed E-state index contributed by atoms with van der Waals surface area (Å²) in [7, 11) is -2.81. The van der Waals surface area contributed by atoms with Crippen LogP contribution in [-0.4, -0.2) is 32.3 Å². The van der Waals surface area contributed by atoms with Crippen LogP contribution in [0.15, 0.2) is 56.7 Å². The summed E-state index contributed by atoms with van der Waals surface area (Å²) < 4.78 is 49.2. The van der Waals surface area contributed by atoms with Gasteiger partial charge in [-0.05, 0) is 48.7 Å². The highest BCUT2D eigenvalue weighted by Crippen LogP contribution is 2.24. The number of fused-ring (bicyclic) bond motifs is 1. The Balaban J connectivity index is 2.21. The van der Waals surface area contributed by atoms with Gasteiger partial charge in [-0.2, -0.15) is 8.42 Å². The Bertz CT molecular complexity index is 1170. The van der Waals surface area contributed by atoms with Crippen molar-refractivity contribution in [1.29, 1.82) is 0 Å². The second-order valence-electron chi connectivity index (χ2n) is 5.40. The molecule has 0 spiro atoms. The maximum Gasteiger partial charge on any atom is 0.325 e. The van der Waals surface area contributed by atoms with E-state index in [1.54, 1.807) is 11.8 Å². The van der Waals surface area contributed by atoms with Crippen LogP contribution in [0.2, 0.25) is 0 Å². The van der Waals surface area contributed by atoms with Gasteiger partial charge in [0.25, 0.3) is 10.0 Å². The summed E-state index contributed by atoms with van der Waals surface area (Å²) in [4.78, 5) is 12.8. The molecular formula is C17H15FN2O4S3. The molecule has 10 heteroatoms. The Labute approximate surface area is 163 Å². The van der Waals surface area contributed by atoms with Crippen LogP contribution in [0.4, 0.5) is 4.39 Å². The summed E-state index contributed by atoms with van der Waals surface area (Å²) >= 11 is 2.70. The molecule has 2 aromatic carbocycles. The van der Waals surface area contributed by atoms with E-state index in [1.165, 1.54) is 11.7 Å². The molecule has 0 saturated heterocycles. The number of rotatable bonds is 5. The van der Waals surface area contributed by atoms with Gasteiger partial charge in [-0.3, -0.25) is 4.79 Å². The Morgan fingerprint density at radius 3 is 2.59 bits per heavy atom. The molecule has 27 heavy (non-hydrogen) atoms. The van der Waals surface area contributed by atoms with Gasteiger partial charge in [0, 0.05) is 4.90 Å². The highest BCUT2D eigenvalue weighted by atomic mass is 32.2. The van der Waals surface area contributed by atoms with E-state index in [-0.39, 0.29) is 16.2 Å². The number of ether oxygens (including phenoxy) is 1. The van der Waals surface area contributed by atoms with E-state index < -0.39 is 21.8 Å². The zero-order valence-corrected chi connectivity index (χ0v) is 16.8. The van der Waals surface area contributed by atoms with Gasteiger partial charge < -0.3 is 9.30 Å². The Hall–Kier alpha value is -2.17. The predicted molar refractivity (Wildman–Crippen MR) is 103 cm³/mol. The normalized spacial score (nSPS) is 12.5. The molecule has 1 heterocycles. The molecule has 0 aliphatic heterocycles. The van der Waals surface area contributed by atoms with Crippen molar-refractivity contribution in [1.82, 2.24) is 4.57 Å². The van der Waals surface area contributed by atoms with Crippen LogP contribution in [0.3, 0.4) is 0 Å². The first kappa shape index (κ1) is 19.6. The molecule has 0 unspecified atom stereocenters. The summed E-state index contributed by atoms with van der Waals surface area (Å²) in [5, 5.41) is 0. The van der Waals surface area contributed by atoms with E-state index in [2.05, 4.69) is 4.40 Å². The maximum absolute atomic E-state index is 13.1. The highest BCUT2D eigenvalue weighted by molar-refractivity contribution is 7.98. The third kappa shape index (κ3) is 4.23. The second-order valence-corrected chi connectivity index (χ2v) is 8.89. The molecule has 6 nitrogen and oxygen atoms in total. The van der Waals surface area contributed by atoms with E-state index in [1.807, 2.05) is 24.5 Å². The lowest BCUT2D eigenvalue weighted by molar-refractivity contribution is -0.141. The highest BCUT2D eigenvalue weighted by Gasteiger charge is 2.16. The van der Waals surface area contributed by atoms with Crippen molar-refractivity contribution in [3.63, 3.8) is 0 Å². The zero-order valence-electron chi connectivity index (χ0n) is 14.4. The number of thiazole rings is 1. The van der Waals surface area contributed by atoms with Crippen LogP contribution in [-0.2, 0) is 26.1 Å². The minimum Gasteiger partial charge on any atom is -0.468 e. The van der Waals surface area contributed by atoms with Gasteiger partial charge >= 0.3 is 5.97 Å². The largest absolute Gasteiger partial charge is 0.468 e. The third-order valence-electron chi connectivity index (χ3n) is 3.71.